The van der Waals surface area contributed by atoms with Gasteiger partial charge >= 0.3 is 0 Å². The van der Waals surface area contributed by atoms with Crippen LogP contribution in [-0.2, 0) is 14.6 Å². The molecule has 0 aliphatic heterocycles. The number of benzene rings is 2. The minimum atomic E-state index is -4.01. The number of rotatable bonds is 8. The second kappa shape index (κ2) is 10.0. The SMILES string of the molecule is COc1cccc(NC(=O)CSc2ncc(S(=O)(=O)c3ccc(C(C)C)cc3)c(=O)[nH]2)c1. The summed E-state index contributed by atoms with van der Waals surface area (Å²) >= 11 is 0.987. The smallest absolute Gasteiger partial charge is 0.270 e. The van der Waals surface area contributed by atoms with Crippen LogP contribution in [0.5, 0.6) is 5.75 Å². The summed E-state index contributed by atoms with van der Waals surface area (Å²) in [6.45, 7) is 4.01. The molecule has 0 saturated heterocycles. The van der Waals surface area contributed by atoms with Crippen LogP contribution in [0.1, 0.15) is 25.3 Å². The number of H-pyrrole nitrogens is 1. The number of ether oxygens (including phenoxy) is 1. The number of carbonyl (C=O) groups is 1. The predicted octanol–water partition coefficient (Wildman–Crippen LogP) is 3.47. The lowest BCUT2D eigenvalue weighted by molar-refractivity contribution is -0.113. The summed E-state index contributed by atoms with van der Waals surface area (Å²) in [5.41, 5.74) is 0.778. The average Bonchev–Trinajstić information content (AvgIpc) is 2.77. The Morgan fingerprint density at radius 2 is 1.91 bits per heavy atom. The first kappa shape index (κ1) is 23.6. The zero-order valence-corrected chi connectivity index (χ0v) is 19.4. The molecule has 0 radical (unpaired) electrons. The van der Waals surface area contributed by atoms with Gasteiger partial charge in [0.2, 0.25) is 15.7 Å². The van der Waals surface area contributed by atoms with Crippen molar-refractivity contribution in [2.75, 3.05) is 18.2 Å². The number of nitrogens with one attached hydrogen (secondary N) is 2. The minimum absolute atomic E-state index is 0.0206. The predicted molar refractivity (Wildman–Crippen MR) is 123 cm³/mol. The standard InChI is InChI=1S/C22H23N3O5S2/c1-14(2)15-7-9-18(10-8-15)32(28,29)19-12-23-22(25-21(19)27)31-13-20(26)24-16-5-4-6-17(11-16)30-3/h4-12,14H,13H2,1-3H3,(H,24,26)(H,23,25,27). The van der Waals surface area contributed by atoms with E-state index in [4.69, 9.17) is 4.74 Å². The lowest BCUT2D eigenvalue weighted by Crippen LogP contribution is -2.20. The van der Waals surface area contributed by atoms with Crippen LogP contribution >= 0.6 is 11.8 Å². The highest BCUT2D eigenvalue weighted by Crippen LogP contribution is 2.22. The van der Waals surface area contributed by atoms with Gasteiger partial charge in [-0.3, -0.25) is 9.59 Å². The molecule has 3 aromatic rings. The number of sulfone groups is 1. The summed E-state index contributed by atoms with van der Waals surface area (Å²) in [6, 6.07) is 13.3. The number of anilines is 1. The fourth-order valence-corrected chi connectivity index (χ4v) is 4.69. The topological polar surface area (TPSA) is 118 Å². The van der Waals surface area contributed by atoms with Crippen molar-refractivity contribution in [3.8, 4) is 5.75 Å². The fourth-order valence-electron chi connectivity index (χ4n) is 2.82. The Labute approximate surface area is 190 Å². The van der Waals surface area contributed by atoms with Crippen LogP contribution in [-0.4, -0.2) is 37.2 Å². The molecule has 1 heterocycles. The maximum absolute atomic E-state index is 12.8. The first-order valence-electron chi connectivity index (χ1n) is 9.72. The molecule has 0 aliphatic carbocycles. The van der Waals surface area contributed by atoms with Crippen molar-refractivity contribution >= 4 is 33.2 Å². The van der Waals surface area contributed by atoms with Gasteiger partial charge in [-0.15, -0.1) is 0 Å². The van der Waals surface area contributed by atoms with Gasteiger partial charge in [-0.2, -0.15) is 0 Å². The van der Waals surface area contributed by atoms with E-state index in [1.807, 2.05) is 13.8 Å². The zero-order valence-electron chi connectivity index (χ0n) is 17.8. The number of amides is 1. The summed E-state index contributed by atoms with van der Waals surface area (Å²) in [6.07, 6.45) is 1.02. The van der Waals surface area contributed by atoms with Crippen molar-refractivity contribution in [3.63, 3.8) is 0 Å². The summed E-state index contributed by atoms with van der Waals surface area (Å²) in [5.74, 6) is 0.530. The molecule has 10 heteroatoms. The Kier molecular flexibility index (Phi) is 7.37. The Hall–Kier alpha value is -3.11. The van der Waals surface area contributed by atoms with Gasteiger partial charge in [0.1, 0.15) is 5.75 Å². The Balaban J connectivity index is 1.69. The van der Waals surface area contributed by atoms with Crippen LogP contribution in [0.25, 0.3) is 0 Å². The van der Waals surface area contributed by atoms with Crippen molar-refractivity contribution in [2.45, 2.75) is 34.7 Å². The van der Waals surface area contributed by atoms with Crippen LogP contribution in [0.2, 0.25) is 0 Å². The molecule has 32 heavy (non-hydrogen) atoms. The first-order chi connectivity index (χ1) is 15.2. The third-order valence-electron chi connectivity index (χ3n) is 4.58. The van der Waals surface area contributed by atoms with E-state index in [9.17, 15) is 18.0 Å². The lowest BCUT2D eigenvalue weighted by atomic mass is 10.0. The molecule has 0 bridgehead atoms. The second-order valence-corrected chi connectivity index (χ2v) is 10.1. The third-order valence-corrected chi connectivity index (χ3v) is 7.23. The van der Waals surface area contributed by atoms with Crippen LogP contribution in [0.15, 0.2) is 74.5 Å². The number of aromatic nitrogens is 2. The van der Waals surface area contributed by atoms with Crippen molar-refractivity contribution in [2.24, 2.45) is 0 Å². The highest BCUT2D eigenvalue weighted by atomic mass is 32.2. The summed E-state index contributed by atoms with van der Waals surface area (Å²) in [5, 5.41) is 2.86. The first-order valence-corrected chi connectivity index (χ1v) is 12.2. The molecule has 8 nitrogen and oxygen atoms in total. The number of aromatic amines is 1. The molecule has 1 amide bonds. The minimum Gasteiger partial charge on any atom is -0.497 e. The second-order valence-electron chi connectivity index (χ2n) is 7.18. The summed E-state index contributed by atoms with van der Waals surface area (Å²) < 4.78 is 30.8. The van der Waals surface area contributed by atoms with Gasteiger partial charge in [-0.25, -0.2) is 13.4 Å². The molecule has 1 aromatic heterocycles. The number of thioether (sulfide) groups is 1. The van der Waals surface area contributed by atoms with Gasteiger partial charge in [0.25, 0.3) is 5.56 Å². The molecule has 3 rings (SSSR count). The molecule has 0 fully saturated rings. The molecule has 168 valence electrons. The molecule has 2 aromatic carbocycles. The van der Waals surface area contributed by atoms with E-state index < -0.39 is 20.3 Å². The van der Waals surface area contributed by atoms with Gasteiger partial charge in [-0.05, 0) is 35.7 Å². The van der Waals surface area contributed by atoms with Crippen molar-refractivity contribution < 1.29 is 17.9 Å². The quantitative estimate of drug-likeness (QED) is 0.380. The van der Waals surface area contributed by atoms with E-state index in [2.05, 4.69) is 15.3 Å². The van der Waals surface area contributed by atoms with E-state index in [1.54, 1.807) is 36.4 Å². The average molecular weight is 474 g/mol. The maximum Gasteiger partial charge on any atom is 0.270 e. The van der Waals surface area contributed by atoms with Crippen LogP contribution in [0.3, 0.4) is 0 Å². The number of methoxy groups -OCH3 is 1. The van der Waals surface area contributed by atoms with Crippen LogP contribution in [0, 0.1) is 0 Å². The van der Waals surface area contributed by atoms with Crippen LogP contribution in [0.4, 0.5) is 5.69 Å². The van der Waals surface area contributed by atoms with Gasteiger partial charge in [-0.1, -0.05) is 43.8 Å². The Bertz CT molecular complexity index is 1270. The molecule has 0 spiro atoms. The number of nitrogens with zero attached hydrogens (tertiary/aromatic N) is 1. The molecule has 2 N–H and O–H groups in total. The molecule has 0 aliphatic rings. The van der Waals surface area contributed by atoms with Gasteiger partial charge in [0.15, 0.2) is 10.1 Å². The van der Waals surface area contributed by atoms with Gasteiger partial charge < -0.3 is 15.0 Å². The number of hydrogen-bond acceptors (Lipinski definition) is 7. The summed E-state index contributed by atoms with van der Waals surface area (Å²) in [4.78, 5) is 30.6. The molecular weight excluding hydrogens is 450 g/mol. The number of carbonyl (C=O) groups excluding carboxylic acids is 1. The highest BCUT2D eigenvalue weighted by molar-refractivity contribution is 7.99. The molecule has 0 unspecified atom stereocenters. The van der Waals surface area contributed by atoms with E-state index in [1.165, 1.54) is 19.2 Å². The monoisotopic (exact) mass is 473 g/mol. The fraction of sp³-hybridized carbons (Fsp3) is 0.227. The van der Waals surface area contributed by atoms with Crippen molar-refractivity contribution in [3.05, 3.63) is 70.6 Å². The zero-order chi connectivity index (χ0) is 23.3. The molecular formula is C22H23N3O5S2. The van der Waals surface area contributed by atoms with Crippen LogP contribution < -0.4 is 15.6 Å². The Morgan fingerprint density at radius 3 is 2.53 bits per heavy atom. The third kappa shape index (κ3) is 5.57. The van der Waals surface area contributed by atoms with Crippen molar-refractivity contribution in [1.29, 1.82) is 0 Å². The number of hydrogen-bond donors (Lipinski definition) is 2. The largest absolute Gasteiger partial charge is 0.497 e. The molecule has 0 atom stereocenters. The van der Waals surface area contributed by atoms with Gasteiger partial charge in [0.05, 0.1) is 24.0 Å². The van der Waals surface area contributed by atoms with Crippen molar-refractivity contribution in [1.82, 2.24) is 9.97 Å². The van der Waals surface area contributed by atoms with E-state index in [0.29, 0.717) is 11.4 Å². The molecule has 0 saturated carbocycles. The van der Waals surface area contributed by atoms with Gasteiger partial charge in [0, 0.05) is 11.8 Å². The van der Waals surface area contributed by atoms with E-state index in [-0.39, 0.29) is 27.6 Å². The van der Waals surface area contributed by atoms with E-state index >= 15 is 0 Å². The normalized spacial score (nSPS) is 11.4. The van der Waals surface area contributed by atoms with E-state index in [0.717, 1.165) is 23.5 Å². The maximum atomic E-state index is 12.8. The summed E-state index contributed by atoms with van der Waals surface area (Å²) in [7, 11) is -2.48. The lowest BCUT2D eigenvalue weighted by Gasteiger charge is -2.08. The Morgan fingerprint density at radius 1 is 1.19 bits per heavy atom. The highest BCUT2D eigenvalue weighted by Gasteiger charge is 2.22.